The minimum absolute atomic E-state index is 0.364. The third-order valence-corrected chi connectivity index (χ3v) is 2.15. The molecule has 0 aliphatic carbocycles. The lowest BCUT2D eigenvalue weighted by Gasteiger charge is -2.00. The Morgan fingerprint density at radius 1 is 1.06 bits per heavy atom. The maximum atomic E-state index is 10.4. The van der Waals surface area contributed by atoms with E-state index >= 15 is 0 Å². The van der Waals surface area contributed by atoms with Crippen molar-refractivity contribution in [2.24, 2.45) is 0 Å². The van der Waals surface area contributed by atoms with Crippen molar-refractivity contribution in [3.63, 3.8) is 0 Å². The van der Waals surface area contributed by atoms with E-state index in [1.54, 1.807) is 6.07 Å². The van der Waals surface area contributed by atoms with Crippen LogP contribution in [0.25, 0.3) is 11.3 Å². The third kappa shape index (κ3) is 2.60. The molecule has 0 bridgehead atoms. The highest BCUT2D eigenvalue weighted by Gasteiger charge is 2.05. The Morgan fingerprint density at radius 3 is 2.31 bits per heavy atom. The molecule has 0 aliphatic rings. The second kappa shape index (κ2) is 5.91. The van der Waals surface area contributed by atoms with E-state index in [9.17, 15) is 4.79 Å². The van der Waals surface area contributed by atoms with Crippen LogP contribution in [0.15, 0.2) is 40.8 Å². The number of benzene rings is 1. The molecule has 2 rings (SSSR count). The normalized spacial score (nSPS) is 9.19. The van der Waals surface area contributed by atoms with Crippen LogP contribution >= 0.6 is 0 Å². The smallest absolute Gasteiger partial charge is 0.185 e. The van der Waals surface area contributed by atoms with Gasteiger partial charge in [0.25, 0.3) is 0 Å². The number of carbonyl (C=O) groups is 1. The molecule has 0 atom stereocenters. The first-order chi connectivity index (χ1) is 7.81. The van der Waals surface area contributed by atoms with E-state index in [1.807, 2.05) is 51.1 Å². The molecule has 1 heterocycles. The highest BCUT2D eigenvalue weighted by Crippen LogP contribution is 2.24. The second-order valence-electron chi connectivity index (χ2n) is 3.13. The van der Waals surface area contributed by atoms with Crippen LogP contribution in [0, 0.1) is 6.92 Å². The molecule has 1 aromatic carbocycles. The van der Waals surface area contributed by atoms with Gasteiger partial charge in [-0.3, -0.25) is 4.79 Å². The molecule has 0 saturated carbocycles. The molecule has 16 heavy (non-hydrogen) atoms. The minimum atomic E-state index is 0.364. The summed E-state index contributed by atoms with van der Waals surface area (Å²) in [6.45, 7) is 6.01. The molecule has 0 radical (unpaired) electrons. The second-order valence-corrected chi connectivity index (χ2v) is 3.13. The first-order valence-electron chi connectivity index (χ1n) is 5.42. The molecule has 84 valence electrons. The number of carbonyl (C=O) groups excluding carboxylic acids is 1. The molecule has 2 nitrogen and oxygen atoms in total. The zero-order valence-electron chi connectivity index (χ0n) is 9.86. The molecule has 0 saturated heterocycles. The predicted molar refractivity (Wildman–Crippen MR) is 65.6 cm³/mol. The molecular weight excluding hydrogens is 200 g/mol. The summed E-state index contributed by atoms with van der Waals surface area (Å²) < 4.78 is 5.33. The van der Waals surface area contributed by atoms with E-state index in [2.05, 4.69) is 0 Å². The summed E-state index contributed by atoms with van der Waals surface area (Å²) in [5.74, 6) is 1.11. The summed E-state index contributed by atoms with van der Waals surface area (Å²) >= 11 is 0. The fourth-order valence-corrected chi connectivity index (χ4v) is 1.41. The van der Waals surface area contributed by atoms with Crippen molar-refractivity contribution in [1.82, 2.24) is 0 Å². The summed E-state index contributed by atoms with van der Waals surface area (Å²) in [7, 11) is 0. The zero-order chi connectivity index (χ0) is 12.0. The van der Waals surface area contributed by atoms with Crippen LogP contribution in [-0.2, 0) is 0 Å². The summed E-state index contributed by atoms with van der Waals surface area (Å²) in [6, 6.07) is 11.4. The van der Waals surface area contributed by atoms with Gasteiger partial charge in [-0.25, -0.2) is 0 Å². The fraction of sp³-hybridized carbons (Fsp3) is 0.214. The molecule has 0 unspecified atom stereocenters. The first kappa shape index (κ1) is 12.2. The monoisotopic (exact) mass is 216 g/mol. The Labute approximate surface area is 95.9 Å². The highest BCUT2D eigenvalue weighted by atomic mass is 16.3. The van der Waals surface area contributed by atoms with Gasteiger partial charge < -0.3 is 4.42 Å². The Morgan fingerprint density at radius 2 is 1.75 bits per heavy atom. The van der Waals surface area contributed by atoms with Gasteiger partial charge in [-0.15, -0.1) is 0 Å². The van der Waals surface area contributed by atoms with E-state index < -0.39 is 0 Å². The standard InChI is InChI=1S/C12H10O2.C2H6/c1-9-4-2-3-5-11(9)12-7-6-10(8-13)14-12;1-2/h2-8H,1H3;1-2H3. The SMILES string of the molecule is CC.Cc1ccccc1-c1ccc(C=O)o1. The highest BCUT2D eigenvalue weighted by molar-refractivity contribution is 5.73. The van der Waals surface area contributed by atoms with E-state index in [0.29, 0.717) is 12.0 Å². The minimum Gasteiger partial charge on any atom is -0.453 e. The molecule has 0 spiro atoms. The fourth-order valence-electron chi connectivity index (χ4n) is 1.41. The molecular formula is C14H16O2. The van der Waals surface area contributed by atoms with Crippen LogP contribution in [0.1, 0.15) is 30.0 Å². The van der Waals surface area contributed by atoms with Crippen LogP contribution in [0.2, 0.25) is 0 Å². The van der Waals surface area contributed by atoms with Crippen molar-refractivity contribution in [3.8, 4) is 11.3 Å². The lowest BCUT2D eigenvalue weighted by atomic mass is 10.1. The number of furan rings is 1. The van der Waals surface area contributed by atoms with Gasteiger partial charge in [0.15, 0.2) is 12.0 Å². The van der Waals surface area contributed by atoms with Gasteiger partial charge >= 0.3 is 0 Å². The van der Waals surface area contributed by atoms with Crippen LogP contribution < -0.4 is 0 Å². The van der Waals surface area contributed by atoms with Crippen LogP contribution in [-0.4, -0.2) is 6.29 Å². The zero-order valence-corrected chi connectivity index (χ0v) is 9.86. The number of rotatable bonds is 2. The van der Waals surface area contributed by atoms with Crippen LogP contribution in [0.3, 0.4) is 0 Å². The lowest BCUT2D eigenvalue weighted by Crippen LogP contribution is -1.78. The van der Waals surface area contributed by atoms with Gasteiger partial charge in [0.05, 0.1) is 0 Å². The van der Waals surface area contributed by atoms with Crippen LogP contribution in [0.4, 0.5) is 0 Å². The molecule has 0 fully saturated rings. The Hall–Kier alpha value is -1.83. The van der Waals surface area contributed by atoms with Crippen LogP contribution in [0.5, 0.6) is 0 Å². The van der Waals surface area contributed by atoms with Gasteiger partial charge in [-0.1, -0.05) is 38.1 Å². The number of hydrogen-bond acceptors (Lipinski definition) is 2. The van der Waals surface area contributed by atoms with Crippen molar-refractivity contribution >= 4 is 6.29 Å². The van der Waals surface area contributed by atoms with Gasteiger partial charge in [0.2, 0.25) is 0 Å². The maximum Gasteiger partial charge on any atom is 0.185 e. The van der Waals surface area contributed by atoms with Crippen molar-refractivity contribution in [2.75, 3.05) is 0 Å². The average Bonchev–Trinajstić information content (AvgIpc) is 2.81. The number of aldehydes is 1. The summed E-state index contributed by atoms with van der Waals surface area (Å²) in [5.41, 5.74) is 2.17. The lowest BCUT2D eigenvalue weighted by molar-refractivity contribution is 0.110. The number of hydrogen-bond donors (Lipinski definition) is 0. The topological polar surface area (TPSA) is 30.2 Å². The molecule has 0 aliphatic heterocycles. The quantitative estimate of drug-likeness (QED) is 0.707. The van der Waals surface area contributed by atoms with Crippen molar-refractivity contribution in [2.45, 2.75) is 20.8 Å². The van der Waals surface area contributed by atoms with E-state index in [0.717, 1.165) is 16.9 Å². The summed E-state index contributed by atoms with van der Waals surface area (Å²) in [6.07, 6.45) is 0.710. The Kier molecular flexibility index (Phi) is 4.52. The largest absolute Gasteiger partial charge is 0.453 e. The maximum absolute atomic E-state index is 10.4. The third-order valence-electron chi connectivity index (χ3n) is 2.15. The van der Waals surface area contributed by atoms with E-state index in [1.165, 1.54) is 0 Å². The Bertz CT molecular complexity index is 455. The van der Waals surface area contributed by atoms with Crippen molar-refractivity contribution in [3.05, 3.63) is 47.7 Å². The summed E-state index contributed by atoms with van der Waals surface area (Å²) in [4.78, 5) is 10.4. The molecule has 0 N–H and O–H groups in total. The summed E-state index contributed by atoms with van der Waals surface area (Å²) in [5, 5.41) is 0. The van der Waals surface area contributed by atoms with Gasteiger partial charge in [-0.05, 0) is 24.6 Å². The van der Waals surface area contributed by atoms with Gasteiger partial charge in [0, 0.05) is 5.56 Å². The molecule has 2 aromatic rings. The van der Waals surface area contributed by atoms with Gasteiger partial charge in [0.1, 0.15) is 5.76 Å². The molecule has 1 aromatic heterocycles. The molecule has 2 heteroatoms. The van der Waals surface area contributed by atoms with E-state index in [4.69, 9.17) is 4.42 Å². The Balaban J connectivity index is 0.000000606. The van der Waals surface area contributed by atoms with Crippen molar-refractivity contribution < 1.29 is 9.21 Å². The molecule has 0 amide bonds. The first-order valence-corrected chi connectivity index (χ1v) is 5.42. The van der Waals surface area contributed by atoms with Gasteiger partial charge in [-0.2, -0.15) is 0 Å². The average molecular weight is 216 g/mol. The predicted octanol–water partition coefficient (Wildman–Crippen LogP) is 4.09. The van der Waals surface area contributed by atoms with Crippen molar-refractivity contribution in [1.29, 1.82) is 0 Å². The van der Waals surface area contributed by atoms with E-state index in [-0.39, 0.29) is 0 Å². The number of aryl methyl sites for hydroxylation is 1.